The summed E-state index contributed by atoms with van der Waals surface area (Å²) in [7, 11) is 0. The van der Waals surface area contributed by atoms with E-state index in [0.717, 1.165) is 11.4 Å². The molecule has 0 saturated carbocycles. The van der Waals surface area contributed by atoms with E-state index in [9.17, 15) is 0 Å². The van der Waals surface area contributed by atoms with Crippen LogP contribution in [0.3, 0.4) is 0 Å². The number of benzene rings is 9. The van der Waals surface area contributed by atoms with E-state index in [1.807, 2.05) is 0 Å². The molecule has 0 unspecified atom stereocenters. The number of fused-ring (bicyclic) bond motifs is 13. The van der Waals surface area contributed by atoms with E-state index in [1.54, 1.807) is 0 Å². The fraction of sp³-hybridized carbons (Fsp3) is 0.148. The Morgan fingerprint density at radius 2 is 0.825 bits per heavy atom. The summed E-state index contributed by atoms with van der Waals surface area (Å²) in [5.41, 5.74) is 23.1. The average Bonchev–Trinajstić information content (AvgIpc) is 3.91. The van der Waals surface area contributed by atoms with Gasteiger partial charge < -0.3 is 9.47 Å². The fourth-order valence-electron chi connectivity index (χ4n) is 12.1. The van der Waals surface area contributed by atoms with Gasteiger partial charge in [-0.15, -0.1) is 0 Å². The van der Waals surface area contributed by atoms with Crippen LogP contribution in [-0.4, -0.2) is 4.57 Å². The van der Waals surface area contributed by atoms with Gasteiger partial charge in [-0.25, -0.2) is 0 Å². The summed E-state index contributed by atoms with van der Waals surface area (Å²) in [6.45, 7) is 14.4. The van der Waals surface area contributed by atoms with E-state index in [1.165, 1.54) is 111 Å². The maximum atomic E-state index is 2.59. The first-order valence-electron chi connectivity index (χ1n) is 22.5. The molecule has 0 N–H and O–H groups in total. The van der Waals surface area contributed by atoms with Crippen molar-refractivity contribution in [1.29, 1.82) is 0 Å². The summed E-state index contributed by atoms with van der Waals surface area (Å²) < 4.78 is 2.59. The molecule has 0 atom stereocenters. The first-order chi connectivity index (χ1) is 30.5. The lowest BCUT2D eigenvalue weighted by Gasteiger charge is -2.29. The molecular formula is C61H48N2. The van der Waals surface area contributed by atoms with Crippen LogP contribution < -0.4 is 4.90 Å². The van der Waals surface area contributed by atoms with Crippen LogP contribution in [0, 0.1) is 0 Å². The summed E-state index contributed by atoms with van der Waals surface area (Å²) in [5.74, 6) is 0. The van der Waals surface area contributed by atoms with Crippen LogP contribution in [-0.2, 0) is 16.2 Å². The molecule has 13 rings (SSSR count). The molecule has 1 aromatic heterocycles. The average molecular weight is 809 g/mol. The van der Waals surface area contributed by atoms with Crippen molar-refractivity contribution < 1.29 is 0 Å². The Kier molecular flexibility index (Phi) is 7.23. The van der Waals surface area contributed by atoms with Crippen LogP contribution in [0.1, 0.15) is 74.9 Å². The second-order valence-corrected chi connectivity index (χ2v) is 19.8. The lowest BCUT2D eigenvalue weighted by atomic mass is 9.82. The van der Waals surface area contributed by atoms with Crippen LogP contribution in [0.25, 0.3) is 71.6 Å². The summed E-state index contributed by atoms with van der Waals surface area (Å²) in [6, 6.07) is 68.7. The van der Waals surface area contributed by atoms with Gasteiger partial charge in [-0.3, -0.25) is 0 Å². The van der Waals surface area contributed by atoms with Gasteiger partial charge >= 0.3 is 0 Å². The minimum absolute atomic E-state index is 0.108. The Hall–Kier alpha value is -7.16. The van der Waals surface area contributed by atoms with Crippen molar-refractivity contribution in [2.45, 2.75) is 57.8 Å². The number of para-hydroxylation sites is 1. The van der Waals surface area contributed by atoms with Gasteiger partial charge in [0.15, 0.2) is 0 Å². The van der Waals surface area contributed by atoms with Crippen LogP contribution in [0.2, 0.25) is 0 Å². The lowest BCUT2D eigenvalue weighted by Crippen LogP contribution is -2.17. The molecule has 10 aromatic rings. The predicted molar refractivity (Wildman–Crippen MR) is 266 cm³/mol. The zero-order valence-electron chi connectivity index (χ0n) is 36.7. The second kappa shape index (κ2) is 12.5. The Balaban J connectivity index is 1.02. The molecule has 0 spiro atoms. The van der Waals surface area contributed by atoms with Gasteiger partial charge in [0.2, 0.25) is 0 Å². The Morgan fingerprint density at radius 3 is 1.48 bits per heavy atom. The molecule has 9 aromatic carbocycles. The number of rotatable bonds is 4. The molecule has 0 amide bonds. The quantitative estimate of drug-likeness (QED) is 0.172. The van der Waals surface area contributed by atoms with E-state index in [0.29, 0.717) is 0 Å². The number of aromatic nitrogens is 1. The van der Waals surface area contributed by atoms with Gasteiger partial charge in [0, 0.05) is 49.5 Å². The van der Waals surface area contributed by atoms with Gasteiger partial charge in [0.1, 0.15) is 0 Å². The fourth-order valence-corrected chi connectivity index (χ4v) is 12.1. The molecule has 2 heteroatoms. The van der Waals surface area contributed by atoms with Crippen molar-refractivity contribution in [1.82, 2.24) is 4.57 Å². The number of anilines is 3. The first kappa shape index (κ1) is 36.5. The minimum Gasteiger partial charge on any atom is -0.310 e. The van der Waals surface area contributed by atoms with Gasteiger partial charge in [-0.2, -0.15) is 0 Å². The lowest BCUT2D eigenvalue weighted by molar-refractivity contribution is 0.659. The maximum absolute atomic E-state index is 2.59. The molecule has 2 nitrogen and oxygen atoms in total. The molecule has 63 heavy (non-hydrogen) atoms. The van der Waals surface area contributed by atoms with Crippen molar-refractivity contribution in [2.75, 3.05) is 4.90 Å². The third-order valence-electron chi connectivity index (χ3n) is 15.4. The molecule has 0 saturated heterocycles. The maximum Gasteiger partial charge on any atom is 0.0544 e. The highest BCUT2D eigenvalue weighted by molar-refractivity contribution is 6.14. The van der Waals surface area contributed by atoms with E-state index < -0.39 is 0 Å². The largest absolute Gasteiger partial charge is 0.310 e. The van der Waals surface area contributed by atoms with Crippen molar-refractivity contribution in [2.24, 2.45) is 0 Å². The second-order valence-electron chi connectivity index (χ2n) is 19.8. The monoisotopic (exact) mass is 808 g/mol. The summed E-state index contributed by atoms with van der Waals surface area (Å²) in [5, 5.41) is 5.09. The van der Waals surface area contributed by atoms with Crippen LogP contribution >= 0.6 is 0 Å². The first-order valence-corrected chi connectivity index (χ1v) is 22.5. The molecule has 0 fully saturated rings. The summed E-state index contributed by atoms with van der Waals surface area (Å²) in [6.07, 6.45) is 0. The normalized spacial score (nSPS) is 15.5. The molecule has 0 radical (unpaired) electrons. The zero-order chi connectivity index (χ0) is 42.6. The number of hydrogen-bond donors (Lipinski definition) is 0. The Bertz CT molecular complexity index is 3470. The highest BCUT2D eigenvalue weighted by Crippen LogP contribution is 2.56. The Morgan fingerprint density at radius 1 is 0.333 bits per heavy atom. The molecule has 1 heterocycles. The highest BCUT2D eigenvalue weighted by atomic mass is 15.1. The third kappa shape index (κ3) is 4.84. The van der Waals surface area contributed by atoms with E-state index in [4.69, 9.17) is 0 Å². The van der Waals surface area contributed by atoms with Gasteiger partial charge in [0.25, 0.3) is 0 Å². The molecule has 302 valence electrons. The van der Waals surface area contributed by atoms with Crippen LogP contribution in [0.15, 0.2) is 182 Å². The molecular weight excluding hydrogens is 761 g/mol. The smallest absolute Gasteiger partial charge is 0.0544 e. The third-order valence-corrected chi connectivity index (χ3v) is 15.4. The van der Waals surface area contributed by atoms with Crippen molar-refractivity contribution >= 4 is 49.6 Å². The van der Waals surface area contributed by atoms with E-state index >= 15 is 0 Å². The van der Waals surface area contributed by atoms with E-state index in [2.05, 4.69) is 233 Å². The highest BCUT2D eigenvalue weighted by Gasteiger charge is 2.40. The topological polar surface area (TPSA) is 8.17 Å². The number of hydrogen-bond acceptors (Lipinski definition) is 1. The van der Waals surface area contributed by atoms with Crippen molar-refractivity contribution in [3.05, 3.63) is 215 Å². The van der Waals surface area contributed by atoms with Gasteiger partial charge in [-0.05, 0) is 139 Å². The van der Waals surface area contributed by atoms with Gasteiger partial charge in [-0.1, -0.05) is 157 Å². The zero-order valence-corrected chi connectivity index (χ0v) is 36.7. The predicted octanol–water partition coefficient (Wildman–Crippen LogP) is 16.3. The molecule has 3 aliphatic carbocycles. The van der Waals surface area contributed by atoms with E-state index in [-0.39, 0.29) is 16.2 Å². The molecule has 0 aliphatic heterocycles. The molecule has 0 bridgehead atoms. The Labute approximate surface area is 369 Å². The van der Waals surface area contributed by atoms with Crippen molar-refractivity contribution in [3.63, 3.8) is 0 Å². The van der Waals surface area contributed by atoms with Gasteiger partial charge in [0.05, 0.1) is 16.7 Å². The van der Waals surface area contributed by atoms with Crippen molar-refractivity contribution in [3.8, 4) is 39.1 Å². The number of nitrogens with zero attached hydrogens (tertiary/aromatic N) is 2. The summed E-state index contributed by atoms with van der Waals surface area (Å²) in [4.78, 5) is 2.43. The summed E-state index contributed by atoms with van der Waals surface area (Å²) >= 11 is 0. The molecule has 3 aliphatic rings. The van der Waals surface area contributed by atoms with Crippen LogP contribution in [0.5, 0.6) is 0 Å². The standard InChI is InChI=1S/C61H48N2/c1-59(2)50-24-14-12-22-42(50)46-33-48-49-34-47-43-23-13-15-25-51(43)60(3,4)55(47)36-58(49)63(57(48)35-54(46)59)40-28-30-45-44-29-27-39(31-52(44)61(5,6)53(45)32-40)62(38-19-8-7-9-20-38)56-26-16-18-37-17-10-11-21-41(37)56/h7-36H,1-6H3. The minimum atomic E-state index is -0.244. The SMILES string of the molecule is CC1(C)c2cc(N(c3ccccc3)c3cccc4ccccc34)ccc2-c2ccc(-n3c4cc5c(cc4c4cc6c(cc43)C(C)(C)c3ccccc3-6)-c3ccccc3C5(C)C)cc21. The van der Waals surface area contributed by atoms with Crippen LogP contribution in [0.4, 0.5) is 17.1 Å².